The van der Waals surface area contributed by atoms with Crippen molar-refractivity contribution in [2.24, 2.45) is 5.73 Å². The number of hydrogen-bond acceptors (Lipinski definition) is 5. The van der Waals surface area contributed by atoms with Gasteiger partial charge in [0.25, 0.3) is 0 Å². The summed E-state index contributed by atoms with van der Waals surface area (Å²) >= 11 is 1.58. The Hall–Kier alpha value is -1.79. The van der Waals surface area contributed by atoms with Crippen LogP contribution in [0.25, 0.3) is 5.70 Å². The molecule has 3 rings (SSSR count). The molecule has 1 unspecified atom stereocenters. The fourth-order valence-corrected chi connectivity index (χ4v) is 2.96. The number of anilines is 1. The van der Waals surface area contributed by atoms with Gasteiger partial charge in [-0.25, -0.2) is 4.98 Å². The van der Waals surface area contributed by atoms with Gasteiger partial charge in [0, 0.05) is 18.0 Å². The summed E-state index contributed by atoms with van der Waals surface area (Å²) in [4.78, 5) is 6.46. The molecule has 0 saturated carbocycles. The van der Waals surface area contributed by atoms with Crippen molar-refractivity contribution in [3.8, 4) is 0 Å². The second-order valence-corrected chi connectivity index (χ2v) is 5.47. The minimum absolute atomic E-state index is 0.154. The van der Waals surface area contributed by atoms with Crippen molar-refractivity contribution in [3.05, 3.63) is 46.8 Å². The van der Waals surface area contributed by atoms with Crippen molar-refractivity contribution >= 4 is 23.3 Å². The third-order valence-corrected chi connectivity index (χ3v) is 3.94. The minimum Gasteiger partial charge on any atom is -0.302 e. The lowest BCUT2D eigenvalue weighted by atomic mass is 10.2. The summed E-state index contributed by atoms with van der Waals surface area (Å²) in [6.07, 6.45) is 3.70. The zero-order valence-electron chi connectivity index (χ0n) is 10.8. The van der Waals surface area contributed by atoms with Crippen LogP contribution in [0.5, 0.6) is 0 Å². The first-order valence-corrected chi connectivity index (χ1v) is 6.95. The van der Waals surface area contributed by atoms with E-state index in [9.17, 15) is 0 Å². The number of hydrogen-bond donors (Lipinski definition) is 2. The van der Waals surface area contributed by atoms with E-state index in [0.717, 1.165) is 28.3 Å². The van der Waals surface area contributed by atoms with Crippen molar-refractivity contribution in [1.29, 1.82) is 0 Å². The molecule has 1 aliphatic rings. The van der Waals surface area contributed by atoms with E-state index in [-0.39, 0.29) is 5.50 Å². The Bertz CT molecular complexity index is 633. The highest BCUT2D eigenvalue weighted by atomic mass is 32.2. The van der Waals surface area contributed by atoms with E-state index in [1.165, 1.54) is 0 Å². The number of aromatic amines is 1. The van der Waals surface area contributed by atoms with Gasteiger partial charge in [0.1, 0.15) is 11.3 Å². The lowest BCUT2D eigenvalue weighted by Gasteiger charge is -2.25. The zero-order valence-corrected chi connectivity index (χ0v) is 11.6. The average molecular weight is 273 g/mol. The molecule has 6 heteroatoms. The minimum atomic E-state index is -0.154. The zero-order chi connectivity index (χ0) is 13.4. The van der Waals surface area contributed by atoms with Gasteiger partial charge in [-0.2, -0.15) is 5.10 Å². The highest BCUT2D eigenvalue weighted by molar-refractivity contribution is 8.03. The molecule has 0 saturated heterocycles. The van der Waals surface area contributed by atoms with E-state index in [4.69, 9.17) is 5.73 Å². The molecule has 0 bridgehead atoms. The summed E-state index contributed by atoms with van der Waals surface area (Å²) in [6, 6.07) is 4.01. The maximum Gasteiger partial charge on any atom is 0.135 e. The average Bonchev–Trinajstić information content (AvgIpc) is 2.95. The van der Waals surface area contributed by atoms with E-state index in [1.54, 1.807) is 18.0 Å². The Kier molecular flexibility index (Phi) is 3.04. The molecule has 19 heavy (non-hydrogen) atoms. The Balaban J connectivity index is 2.04. The Morgan fingerprint density at radius 1 is 1.42 bits per heavy atom. The molecule has 0 radical (unpaired) electrons. The van der Waals surface area contributed by atoms with Gasteiger partial charge in [0.2, 0.25) is 0 Å². The topological polar surface area (TPSA) is 70.8 Å². The van der Waals surface area contributed by atoms with E-state index in [0.29, 0.717) is 0 Å². The van der Waals surface area contributed by atoms with Gasteiger partial charge >= 0.3 is 0 Å². The first-order valence-electron chi connectivity index (χ1n) is 6.00. The van der Waals surface area contributed by atoms with E-state index >= 15 is 0 Å². The number of rotatable bonds is 2. The van der Waals surface area contributed by atoms with Crippen LogP contribution in [0.4, 0.5) is 5.82 Å². The molecule has 3 N–H and O–H groups in total. The first kappa shape index (κ1) is 12.3. The highest BCUT2D eigenvalue weighted by Gasteiger charge is 2.28. The number of aryl methyl sites for hydroxylation is 2. The summed E-state index contributed by atoms with van der Waals surface area (Å²) in [5, 5.41) is 9.12. The highest BCUT2D eigenvalue weighted by Crippen LogP contribution is 2.38. The number of thioether (sulfide) groups is 1. The molecule has 5 nitrogen and oxygen atoms in total. The van der Waals surface area contributed by atoms with Gasteiger partial charge in [-0.15, -0.1) is 0 Å². The summed E-state index contributed by atoms with van der Waals surface area (Å²) in [5.41, 5.74) is 10.2. The van der Waals surface area contributed by atoms with Gasteiger partial charge in [0.15, 0.2) is 0 Å². The summed E-state index contributed by atoms with van der Waals surface area (Å²) < 4.78 is 0. The summed E-state index contributed by atoms with van der Waals surface area (Å²) in [5.74, 6) is 0.865. The van der Waals surface area contributed by atoms with E-state index in [2.05, 4.69) is 20.6 Å². The van der Waals surface area contributed by atoms with Crippen molar-refractivity contribution in [2.45, 2.75) is 19.3 Å². The van der Waals surface area contributed by atoms with Crippen LogP contribution < -0.4 is 10.6 Å². The molecular formula is C13H15N5S. The van der Waals surface area contributed by atoms with Crippen molar-refractivity contribution in [3.63, 3.8) is 0 Å². The number of nitrogens with one attached hydrogen (secondary N) is 1. The predicted molar refractivity (Wildman–Crippen MR) is 78.3 cm³/mol. The second-order valence-electron chi connectivity index (χ2n) is 4.48. The molecular weight excluding hydrogens is 258 g/mol. The molecule has 0 spiro atoms. The molecule has 0 fully saturated rings. The van der Waals surface area contributed by atoms with Crippen molar-refractivity contribution < 1.29 is 0 Å². The van der Waals surface area contributed by atoms with E-state index < -0.39 is 0 Å². The fourth-order valence-electron chi connectivity index (χ4n) is 2.11. The normalized spacial score (nSPS) is 18.8. The van der Waals surface area contributed by atoms with Crippen LogP contribution in [0, 0.1) is 13.8 Å². The number of H-pyrrole nitrogens is 1. The van der Waals surface area contributed by atoms with Gasteiger partial charge in [-0.05, 0) is 37.0 Å². The molecule has 0 amide bonds. The molecule has 1 aliphatic heterocycles. The molecule has 3 heterocycles. The molecule has 0 aromatic carbocycles. The van der Waals surface area contributed by atoms with E-state index in [1.807, 2.05) is 37.1 Å². The Morgan fingerprint density at radius 2 is 2.26 bits per heavy atom. The fraction of sp³-hybridized carbons (Fsp3) is 0.231. The second kappa shape index (κ2) is 4.71. The van der Waals surface area contributed by atoms with Gasteiger partial charge in [-0.3, -0.25) is 10.00 Å². The third kappa shape index (κ3) is 2.13. The SMILES string of the molecule is Cc1ccnc(N2C(c3c[nH]nc3C)=CSC2N)c1. The molecule has 1 atom stereocenters. The largest absolute Gasteiger partial charge is 0.302 e. The maximum atomic E-state index is 6.17. The lowest BCUT2D eigenvalue weighted by molar-refractivity contribution is 0.914. The molecule has 98 valence electrons. The standard InChI is InChI=1S/C13H15N5S/c1-8-3-4-15-12(5-8)18-11(7-19-13(18)14)10-6-16-17-9(10)2/h3-7,13H,14H2,1-2H3,(H,16,17). The van der Waals surface area contributed by atoms with Crippen LogP contribution in [0.15, 0.2) is 29.9 Å². The molecule has 2 aromatic heterocycles. The van der Waals surface area contributed by atoms with Gasteiger partial charge in [0.05, 0.1) is 11.4 Å². The van der Waals surface area contributed by atoms with Crippen LogP contribution in [0.3, 0.4) is 0 Å². The van der Waals surface area contributed by atoms with Gasteiger partial charge < -0.3 is 5.73 Å². The first-order chi connectivity index (χ1) is 9.16. The predicted octanol–water partition coefficient (Wildman–Crippen LogP) is 2.22. The number of pyridine rings is 1. The number of nitrogens with two attached hydrogens (primary N) is 1. The Labute approximate surface area is 115 Å². The molecule has 2 aromatic rings. The quantitative estimate of drug-likeness (QED) is 0.878. The monoisotopic (exact) mass is 273 g/mol. The third-order valence-electron chi connectivity index (χ3n) is 3.09. The van der Waals surface area contributed by atoms with Crippen molar-refractivity contribution in [1.82, 2.24) is 15.2 Å². The van der Waals surface area contributed by atoms with Crippen LogP contribution >= 0.6 is 11.8 Å². The molecule has 0 aliphatic carbocycles. The number of nitrogens with zero attached hydrogens (tertiary/aromatic N) is 3. The van der Waals surface area contributed by atoms with Gasteiger partial charge in [-0.1, -0.05) is 11.8 Å². The van der Waals surface area contributed by atoms with Crippen LogP contribution in [0.1, 0.15) is 16.8 Å². The Morgan fingerprint density at radius 3 is 2.95 bits per heavy atom. The maximum absolute atomic E-state index is 6.17. The van der Waals surface area contributed by atoms with Crippen LogP contribution in [-0.4, -0.2) is 20.7 Å². The summed E-state index contributed by atoms with van der Waals surface area (Å²) in [7, 11) is 0. The van der Waals surface area contributed by atoms with Crippen molar-refractivity contribution in [2.75, 3.05) is 4.90 Å². The summed E-state index contributed by atoms with van der Waals surface area (Å²) in [6.45, 7) is 4.02. The smallest absolute Gasteiger partial charge is 0.135 e. The van der Waals surface area contributed by atoms with Crippen LogP contribution in [0.2, 0.25) is 0 Å². The lowest BCUT2D eigenvalue weighted by Crippen LogP contribution is -2.35. The van der Waals surface area contributed by atoms with Crippen LogP contribution in [-0.2, 0) is 0 Å². The number of aromatic nitrogens is 3.